The van der Waals surface area contributed by atoms with Gasteiger partial charge in [-0.05, 0) is 128 Å². The summed E-state index contributed by atoms with van der Waals surface area (Å²) in [4.78, 5) is 60.7. The highest BCUT2D eigenvalue weighted by Gasteiger charge is 2.27. The maximum absolute atomic E-state index is 12.9. The minimum atomic E-state index is -4.64. The number of rotatable bonds is 50. The van der Waals surface area contributed by atoms with Crippen molar-refractivity contribution in [3.8, 4) is 0 Å². The van der Waals surface area contributed by atoms with Gasteiger partial charge in [-0.25, -0.2) is 4.57 Å². The second kappa shape index (κ2) is 48.8. The van der Waals surface area contributed by atoms with Gasteiger partial charge >= 0.3 is 25.7 Å². The molecule has 12 nitrogen and oxygen atoms in total. The maximum atomic E-state index is 12.9. The number of allylic oxidation sites excluding steroid dienone is 13. The molecule has 1 rings (SSSR count). The molecule has 0 aliphatic heterocycles. The lowest BCUT2D eigenvalue weighted by Gasteiger charge is -2.32. The highest BCUT2D eigenvalue weighted by Crippen LogP contribution is 2.43. The number of phosphoric ester groups is 1. The quantitative estimate of drug-likeness (QED) is 0.0149. The molecule has 0 bridgehead atoms. The lowest BCUT2D eigenvalue weighted by molar-refractivity contribution is -0.161. The molecule has 1 amide bonds. The van der Waals surface area contributed by atoms with E-state index in [1.165, 1.54) is 101 Å². The number of hydrogen-bond acceptors (Lipinski definition) is 10. The highest BCUT2D eigenvalue weighted by atomic mass is 31.2. The molecule has 0 radical (unpaired) electrons. The van der Waals surface area contributed by atoms with Crippen molar-refractivity contribution in [1.29, 1.82) is 0 Å². The van der Waals surface area contributed by atoms with Gasteiger partial charge in [0, 0.05) is 32.2 Å². The number of carbonyl (C=O) groups excluding carboxylic acids is 4. The van der Waals surface area contributed by atoms with Gasteiger partial charge in [-0.2, -0.15) is 0 Å². The second-order valence-electron chi connectivity index (χ2n) is 22.4. The Kier molecular flexibility index (Phi) is 45.2. The van der Waals surface area contributed by atoms with E-state index < -0.39 is 38.4 Å². The van der Waals surface area contributed by atoms with Crippen molar-refractivity contribution in [1.82, 2.24) is 5.32 Å². The molecule has 0 spiro atoms. The van der Waals surface area contributed by atoms with Crippen molar-refractivity contribution in [2.75, 3.05) is 33.0 Å². The van der Waals surface area contributed by atoms with Crippen molar-refractivity contribution >= 4 is 31.6 Å². The van der Waals surface area contributed by atoms with Gasteiger partial charge in [-0.3, -0.25) is 28.2 Å². The summed E-state index contributed by atoms with van der Waals surface area (Å²) in [5.41, 5.74) is 5.20. The van der Waals surface area contributed by atoms with E-state index >= 15 is 0 Å². The summed E-state index contributed by atoms with van der Waals surface area (Å²) >= 11 is 0. The molecule has 1 aliphatic carbocycles. The molecule has 452 valence electrons. The first-order valence-corrected chi connectivity index (χ1v) is 32.7. The largest absolute Gasteiger partial charge is 0.472 e. The first kappa shape index (κ1) is 73.2. The van der Waals surface area contributed by atoms with E-state index in [0.717, 1.165) is 94.6 Å². The molecule has 0 heterocycles. The summed E-state index contributed by atoms with van der Waals surface area (Å²) in [5, 5.41) is 2.61. The fourth-order valence-electron chi connectivity index (χ4n) is 9.39. The average molecular weight is 1130 g/mol. The van der Waals surface area contributed by atoms with Gasteiger partial charge in [0.15, 0.2) is 6.10 Å². The lowest BCUT2D eigenvalue weighted by atomic mass is 9.72. The van der Waals surface area contributed by atoms with Gasteiger partial charge in [-0.1, -0.05) is 202 Å². The molecule has 2 atom stereocenters. The van der Waals surface area contributed by atoms with Crippen molar-refractivity contribution in [2.45, 2.75) is 273 Å². The smallest absolute Gasteiger partial charge is 0.462 e. The van der Waals surface area contributed by atoms with Crippen molar-refractivity contribution in [3.63, 3.8) is 0 Å². The zero-order valence-corrected chi connectivity index (χ0v) is 51.8. The number of esters is 3. The standard InChI is InChI=1S/C66H112NO11P/c1-8-10-12-14-16-18-20-22-24-26-28-30-32-34-36-45-64(70)75-55-60(78-65(71)46-37-35-33-31-29-27-25-23-21-19-17-15-13-11-9-2)56-77-79(72,73)76-54-52-67-62(68)44-39-47-63(69)74-53-50-58(4)42-38-41-57(3)48-49-61-59(5)43-40-51-66(61,6)7/h22-25,38,41-42,48-50,60H,8-21,26-37,39-40,43-47,51-56H2,1-7H3,(H,67,68)(H,72,73)/b24-22-,25-23-,42-38+,49-48+,57-41+,58-50+/t60-/m1/s1. The Morgan fingerprint density at radius 2 is 1.13 bits per heavy atom. The Balaban J connectivity index is 2.47. The first-order valence-electron chi connectivity index (χ1n) is 31.2. The number of ether oxygens (including phenoxy) is 3. The molecular formula is C66H112NO11P. The van der Waals surface area contributed by atoms with Crippen LogP contribution in [0, 0.1) is 5.41 Å². The zero-order valence-electron chi connectivity index (χ0n) is 50.9. The number of unbranched alkanes of at least 4 members (excludes halogenated alkanes) is 22. The second-order valence-corrected chi connectivity index (χ2v) is 23.9. The van der Waals surface area contributed by atoms with Gasteiger partial charge < -0.3 is 24.4 Å². The van der Waals surface area contributed by atoms with Crippen LogP contribution in [0.2, 0.25) is 0 Å². The molecule has 1 aliphatic rings. The summed E-state index contributed by atoms with van der Waals surface area (Å²) in [6.07, 6.45) is 54.4. The zero-order chi connectivity index (χ0) is 58.1. The van der Waals surface area contributed by atoms with E-state index in [0.29, 0.717) is 12.8 Å². The Morgan fingerprint density at radius 1 is 0.620 bits per heavy atom. The average Bonchev–Trinajstić information content (AvgIpc) is 3.40. The van der Waals surface area contributed by atoms with Crippen molar-refractivity contribution in [2.24, 2.45) is 5.41 Å². The third-order valence-corrected chi connectivity index (χ3v) is 15.3. The molecule has 2 N–H and O–H groups in total. The first-order chi connectivity index (χ1) is 38.1. The summed E-state index contributed by atoms with van der Waals surface area (Å²) < 4.78 is 39.5. The fourth-order valence-corrected chi connectivity index (χ4v) is 10.1. The van der Waals surface area contributed by atoms with E-state index in [1.807, 2.05) is 25.2 Å². The van der Waals surface area contributed by atoms with Crippen LogP contribution in [-0.2, 0) is 47.0 Å². The van der Waals surface area contributed by atoms with Crippen LogP contribution in [0.15, 0.2) is 83.1 Å². The van der Waals surface area contributed by atoms with Crippen LogP contribution in [0.25, 0.3) is 0 Å². The minimum Gasteiger partial charge on any atom is -0.462 e. The highest BCUT2D eigenvalue weighted by molar-refractivity contribution is 7.47. The van der Waals surface area contributed by atoms with Crippen molar-refractivity contribution < 1.29 is 51.9 Å². The number of amides is 1. The van der Waals surface area contributed by atoms with Crippen LogP contribution < -0.4 is 5.32 Å². The normalized spacial score (nSPS) is 15.4. The molecule has 0 saturated carbocycles. The number of carbonyl (C=O) groups is 4. The van der Waals surface area contributed by atoms with E-state index in [-0.39, 0.29) is 69.8 Å². The van der Waals surface area contributed by atoms with Gasteiger partial charge in [-0.15, -0.1) is 0 Å². The third-order valence-electron chi connectivity index (χ3n) is 14.3. The molecule has 0 aromatic rings. The number of hydrogen-bond donors (Lipinski definition) is 2. The Labute approximate surface area is 481 Å². The van der Waals surface area contributed by atoms with Gasteiger partial charge in [0.2, 0.25) is 5.91 Å². The summed E-state index contributed by atoms with van der Waals surface area (Å²) in [5.74, 6) is -1.72. The Bertz CT molecular complexity index is 1910. The Hall–Kier alpha value is -3.83. The van der Waals surface area contributed by atoms with Crippen LogP contribution >= 0.6 is 7.82 Å². The molecule has 0 fully saturated rings. The van der Waals surface area contributed by atoms with E-state index in [9.17, 15) is 28.6 Å². The molecule has 0 saturated heterocycles. The number of nitrogens with one attached hydrogen (secondary N) is 1. The topological polar surface area (TPSA) is 164 Å². The van der Waals surface area contributed by atoms with Gasteiger partial charge in [0.05, 0.1) is 13.2 Å². The van der Waals surface area contributed by atoms with Crippen LogP contribution in [-0.4, -0.2) is 67.8 Å². The van der Waals surface area contributed by atoms with Crippen LogP contribution in [0.1, 0.15) is 267 Å². The minimum absolute atomic E-state index is 0.0501. The monoisotopic (exact) mass is 1130 g/mol. The summed E-state index contributed by atoms with van der Waals surface area (Å²) in [6, 6.07) is 0. The number of phosphoric acid groups is 1. The van der Waals surface area contributed by atoms with Gasteiger partial charge in [0.1, 0.15) is 13.2 Å². The van der Waals surface area contributed by atoms with E-state index in [2.05, 4.69) is 89.4 Å². The van der Waals surface area contributed by atoms with Crippen LogP contribution in [0.4, 0.5) is 0 Å². The van der Waals surface area contributed by atoms with Crippen LogP contribution in [0.3, 0.4) is 0 Å². The van der Waals surface area contributed by atoms with Crippen molar-refractivity contribution in [3.05, 3.63) is 83.1 Å². The summed E-state index contributed by atoms with van der Waals surface area (Å²) in [7, 11) is -4.64. The lowest BCUT2D eigenvalue weighted by Crippen LogP contribution is -2.30. The molecule has 0 aromatic heterocycles. The summed E-state index contributed by atoms with van der Waals surface area (Å²) in [6.45, 7) is 14.2. The van der Waals surface area contributed by atoms with E-state index in [4.69, 9.17) is 23.3 Å². The predicted molar refractivity (Wildman–Crippen MR) is 325 cm³/mol. The van der Waals surface area contributed by atoms with Gasteiger partial charge in [0.25, 0.3) is 0 Å². The van der Waals surface area contributed by atoms with E-state index in [1.54, 1.807) is 0 Å². The molecule has 1 unspecified atom stereocenters. The molecule has 79 heavy (non-hydrogen) atoms. The molecule has 0 aromatic carbocycles. The Morgan fingerprint density at radius 3 is 1.68 bits per heavy atom. The molecular weight excluding hydrogens is 1010 g/mol. The maximum Gasteiger partial charge on any atom is 0.472 e. The fraction of sp³-hybridized carbons (Fsp3) is 0.727. The van der Waals surface area contributed by atoms with Crippen LogP contribution in [0.5, 0.6) is 0 Å². The predicted octanol–water partition coefficient (Wildman–Crippen LogP) is 18.0. The molecule has 13 heteroatoms. The SMILES string of the molecule is CCCCCCCC/C=C\CCCCCCCC(=O)OC[C@H](COP(=O)(O)OCCNC(=O)CCCC(=O)OC/C=C(C)/C=C/C=C(C)/C=C/C1=C(C)CCCC1(C)C)OC(=O)CCCCCCC/C=C\CCCCCCCC. The third kappa shape index (κ3) is 44.5.